The van der Waals surface area contributed by atoms with Crippen molar-refractivity contribution in [1.29, 1.82) is 0 Å². The highest BCUT2D eigenvalue weighted by molar-refractivity contribution is 6.31. The average Bonchev–Trinajstić information content (AvgIpc) is 3.51. The number of hydrogen-bond donors (Lipinski definition) is 2. The van der Waals surface area contributed by atoms with Crippen LogP contribution in [0.5, 0.6) is 0 Å². The van der Waals surface area contributed by atoms with Crippen LogP contribution in [0.25, 0.3) is 0 Å². The van der Waals surface area contributed by atoms with E-state index in [1.165, 1.54) is 0 Å². The lowest BCUT2D eigenvalue weighted by Crippen LogP contribution is -2.59. The Balaban J connectivity index is 1.77. The Hall–Kier alpha value is -3.20. The molecule has 2 amide bonds. The zero-order valence-corrected chi connectivity index (χ0v) is 17.1. The molecule has 0 bridgehead atoms. The molecule has 2 heterocycles. The van der Waals surface area contributed by atoms with E-state index < -0.39 is 47.3 Å². The van der Waals surface area contributed by atoms with Crippen LogP contribution in [0.3, 0.4) is 0 Å². The van der Waals surface area contributed by atoms with Gasteiger partial charge in [0.1, 0.15) is 0 Å². The molecule has 1 aliphatic heterocycles. The summed E-state index contributed by atoms with van der Waals surface area (Å²) in [6.45, 7) is -0.397. The Bertz CT molecular complexity index is 1260. The van der Waals surface area contributed by atoms with E-state index in [9.17, 15) is 35.9 Å². The maximum Gasteiger partial charge on any atom is 0.433 e. The molecule has 1 aliphatic carbocycles. The SMILES string of the molecule is O=C1Nc2cc(Cn3cnc(C(F)(F)F)cc3=O)c(Cl)cc2[C@@](C#CC2CC2)(C(F)(F)F)N1. The van der Waals surface area contributed by atoms with Gasteiger partial charge in [0.15, 0.2) is 5.69 Å². The second kappa shape index (κ2) is 7.69. The summed E-state index contributed by atoms with van der Waals surface area (Å²) in [6.07, 6.45) is -7.82. The van der Waals surface area contributed by atoms with Crippen molar-refractivity contribution in [2.75, 3.05) is 5.32 Å². The highest BCUT2D eigenvalue weighted by atomic mass is 35.5. The first-order valence-electron chi connectivity index (χ1n) is 9.45. The van der Waals surface area contributed by atoms with Crippen molar-refractivity contribution >= 4 is 23.3 Å². The molecule has 1 saturated carbocycles. The number of nitrogens with one attached hydrogen (secondary N) is 2. The Morgan fingerprint density at radius 3 is 2.42 bits per heavy atom. The van der Waals surface area contributed by atoms with Gasteiger partial charge < -0.3 is 10.6 Å². The maximum atomic E-state index is 14.2. The van der Waals surface area contributed by atoms with E-state index in [0.717, 1.165) is 16.7 Å². The average molecular weight is 491 g/mol. The molecule has 1 aromatic heterocycles. The van der Waals surface area contributed by atoms with Gasteiger partial charge >= 0.3 is 18.4 Å². The second-order valence-corrected chi connectivity index (χ2v) is 8.00. The van der Waals surface area contributed by atoms with E-state index in [-0.39, 0.29) is 22.2 Å². The molecular formula is C20H13ClF6N4O2. The lowest BCUT2D eigenvalue weighted by molar-refractivity contribution is -0.178. The minimum Gasteiger partial charge on any atom is -0.310 e. The first-order valence-corrected chi connectivity index (χ1v) is 9.83. The van der Waals surface area contributed by atoms with E-state index in [2.05, 4.69) is 22.1 Å². The number of carbonyl (C=O) groups excluding carboxylic acids is 1. The van der Waals surface area contributed by atoms with Crippen LogP contribution in [0.1, 0.15) is 29.7 Å². The van der Waals surface area contributed by atoms with Gasteiger partial charge in [-0.3, -0.25) is 9.36 Å². The molecule has 13 heteroatoms. The van der Waals surface area contributed by atoms with Crippen molar-refractivity contribution in [2.45, 2.75) is 37.3 Å². The molecule has 2 aromatic rings. The summed E-state index contributed by atoms with van der Waals surface area (Å²) in [5.41, 5.74) is -6.03. The standard InChI is InChI=1S/C20H13ClF6N4O2/c21-13-6-12-14(5-11(13)8-31-9-28-15(7-16(31)32)19(22,23)24)29-17(33)30-18(12,20(25,26)27)4-3-10-1-2-10/h5-7,9-10H,1-2,8H2,(H2,29,30,33)/t18-/m0/s1. The zero-order valence-electron chi connectivity index (χ0n) is 16.4. The predicted molar refractivity (Wildman–Crippen MR) is 104 cm³/mol. The van der Waals surface area contributed by atoms with Crippen LogP contribution in [-0.2, 0) is 18.3 Å². The maximum absolute atomic E-state index is 14.2. The normalized spacial score (nSPS) is 20.3. The van der Waals surface area contributed by atoms with Gasteiger partial charge in [0, 0.05) is 28.3 Å². The minimum absolute atomic E-state index is 0.0764. The molecule has 1 fully saturated rings. The second-order valence-electron chi connectivity index (χ2n) is 7.60. The fourth-order valence-corrected chi connectivity index (χ4v) is 3.48. The predicted octanol–water partition coefficient (Wildman–Crippen LogP) is 4.27. The number of hydrogen-bond acceptors (Lipinski definition) is 3. The summed E-state index contributed by atoms with van der Waals surface area (Å²) in [6, 6.07) is 1.24. The first kappa shape index (κ1) is 23.0. The molecule has 0 saturated heterocycles. The Morgan fingerprint density at radius 2 is 1.85 bits per heavy atom. The number of carbonyl (C=O) groups is 1. The lowest BCUT2D eigenvalue weighted by Gasteiger charge is -2.37. The molecule has 2 aliphatic rings. The molecule has 1 atom stereocenters. The fourth-order valence-electron chi connectivity index (χ4n) is 3.26. The van der Waals surface area contributed by atoms with Crippen LogP contribution in [0.15, 0.2) is 29.3 Å². The van der Waals surface area contributed by atoms with Crippen LogP contribution in [-0.4, -0.2) is 21.8 Å². The first-order chi connectivity index (χ1) is 15.3. The summed E-state index contributed by atoms with van der Waals surface area (Å²) in [4.78, 5) is 27.3. The lowest BCUT2D eigenvalue weighted by atomic mass is 9.85. The molecule has 4 rings (SSSR count). The highest BCUT2D eigenvalue weighted by Crippen LogP contribution is 2.46. The van der Waals surface area contributed by atoms with Crippen LogP contribution in [0, 0.1) is 17.8 Å². The van der Waals surface area contributed by atoms with E-state index in [1.54, 1.807) is 0 Å². The number of halogens is 7. The summed E-state index contributed by atoms with van der Waals surface area (Å²) in [7, 11) is 0. The van der Waals surface area contributed by atoms with Crippen molar-refractivity contribution in [2.24, 2.45) is 5.92 Å². The topological polar surface area (TPSA) is 76.0 Å². The number of alkyl halides is 6. The summed E-state index contributed by atoms with van der Waals surface area (Å²) >= 11 is 6.18. The largest absolute Gasteiger partial charge is 0.433 e. The number of benzene rings is 1. The third kappa shape index (κ3) is 4.37. The number of rotatable bonds is 2. The molecule has 33 heavy (non-hydrogen) atoms. The van der Waals surface area contributed by atoms with Crippen molar-refractivity contribution in [3.8, 4) is 11.8 Å². The van der Waals surface area contributed by atoms with Crippen molar-refractivity contribution in [3.05, 3.63) is 56.7 Å². The van der Waals surface area contributed by atoms with Crippen LogP contribution in [0.4, 0.5) is 36.8 Å². The van der Waals surface area contributed by atoms with E-state index in [4.69, 9.17) is 11.6 Å². The van der Waals surface area contributed by atoms with Gasteiger partial charge in [-0.1, -0.05) is 23.4 Å². The van der Waals surface area contributed by atoms with Gasteiger partial charge in [-0.05, 0) is 30.5 Å². The molecule has 6 nitrogen and oxygen atoms in total. The number of aromatic nitrogens is 2. The number of urea groups is 1. The van der Waals surface area contributed by atoms with Crippen molar-refractivity contribution in [3.63, 3.8) is 0 Å². The number of nitrogens with zero attached hydrogens (tertiary/aromatic N) is 2. The zero-order chi connectivity index (χ0) is 24.2. The monoisotopic (exact) mass is 490 g/mol. The number of anilines is 1. The summed E-state index contributed by atoms with van der Waals surface area (Å²) in [5.74, 6) is 4.52. The Kier molecular flexibility index (Phi) is 5.35. The van der Waals surface area contributed by atoms with Gasteiger partial charge in [0.25, 0.3) is 5.56 Å². The van der Waals surface area contributed by atoms with Gasteiger partial charge in [0.2, 0.25) is 5.54 Å². The van der Waals surface area contributed by atoms with Crippen LogP contribution < -0.4 is 16.2 Å². The highest BCUT2D eigenvalue weighted by Gasteiger charge is 2.59. The summed E-state index contributed by atoms with van der Waals surface area (Å²) in [5, 5.41) is 3.91. The minimum atomic E-state index is -4.99. The number of amides is 2. The van der Waals surface area contributed by atoms with E-state index in [1.807, 2.05) is 5.32 Å². The molecule has 174 valence electrons. The Morgan fingerprint density at radius 1 is 1.15 bits per heavy atom. The van der Waals surface area contributed by atoms with Gasteiger partial charge in [-0.25, -0.2) is 9.78 Å². The van der Waals surface area contributed by atoms with Crippen LogP contribution in [0.2, 0.25) is 5.02 Å². The quantitative estimate of drug-likeness (QED) is 0.488. The third-order valence-electron chi connectivity index (χ3n) is 5.12. The molecule has 0 radical (unpaired) electrons. The van der Waals surface area contributed by atoms with Crippen LogP contribution >= 0.6 is 11.6 Å². The fraction of sp³-hybridized carbons (Fsp3) is 0.350. The van der Waals surface area contributed by atoms with Gasteiger partial charge in [-0.15, -0.1) is 0 Å². The van der Waals surface area contributed by atoms with E-state index in [0.29, 0.717) is 25.2 Å². The molecular weight excluding hydrogens is 478 g/mol. The third-order valence-corrected chi connectivity index (χ3v) is 5.47. The van der Waals surface area contributed by atoms with Crippen molar-refractivity contribution < 1.29 is 31.1 Å². The van der Waals surface area contributed by atoms with Gasteiger partial charge in [0.05, 0.1) is 12.9 Å². The number of fused-ring (bicyclic) bond motifs is 1. The van der Waals surface area contributed by atoms with Gasteiger partial charge in [-0.2, -0.15) is 26.3 Å². The summed E-state index contributed by atoms with van der Waals surface area (Å²) < 4.78 is 81.4. The molecule has 0 spiro atoms. The molecule has 2 N–H and O–H groups in total. The molecule has 0 unspecified atom stereocenters. The molecule has 1 aromatic carbocycles. The Labute approximate surface area is 186 Å². The van der Waals surface area contributed by atoms with E-state index >= 15 is 0 Å². The van der Waals surface area contributed by atoms with Crippen molar-refractivity contribution in [1.82, 2.24) is 14.9 Å². The smallest absolute Gasteiger partial charge is 0.310 e.